The van der Waals surface area contributed by atoms with Gasteiger partial charge in [0.25, 0.3) is 0 Å². The fourth-order valence-electron chi connectivity index (χ4n) is 2.08. The Kier molecular flexibility index (Phi) is 5.52. The maximum Gasteiger partial charge on any atom is 0.151 e. The molecule has 1 heterocycles. The summed E-state index contributed by atoms with van der Waals surface area (Å²) in [7, 11) is -3.22. The molecule has 0 atom stereocenters. The summed E-state index contributed by atoms with van der Waals surface area (Å²) in [6.45, 7) is 2.60. The number of halogens is 1. The first-order valence-corrected chi connectivity index (χ1v) is 9.94. The topological polar surface area (TPSA) is 59.1 Å². The Hall–Kier alpha value is -1.47. The minimum Gasteiger partial charge on any atom is -0.379 e. The van der Waals surface area contributed by atoms with Crippen LogP contribution in [0.1, 0.15) is 29.6 Å². The Balaban J connectivity index is 2.11. The molecule has 120 valence electrons. The minimum atomic E-state index is -3.22. The molecular weight excluding hydrogens is 323 g/mol. The minimum absolute atomic E-state index is 0.189. The molecule has 0 unspecified atom stereocenters. The number of nitrogens with zero attached hydrogens (tertiary/aromatic N) is 1. The van der Waals surface area contributed by atoms with Gasteiger partial charge in [-0.15, -0.1) is 11.3 Å². The van der Waals surface area contributed by atoms with Gasteiger partial charge in [-0.05, 0) is 36.6 Å². The summed E-state index contributed by atoms with van der Waals surface area (Å²) in [5.74, 6) is -0.631. The van der Waals surface area contributed by atoms with E-state index in [2.05, 4.69) is 17.2 Å². The zero-order chi connectivity index (χ0) is 16.2. The summed E-state index contributed by atoms with van der Waals surface area (Å²) in [4.78, 5) is 4.50. The van der Waals surface area contributed by atoms with Gasteiger partial charge in [0.1, 0.15) is 5.82 Å². The number of sulfone groups is 1. The summed E-state index contributed by atoms with van der Waals surface area (Å²) < 4.78 is 36.2. The van der Waals surface area contributed by atoms with Crippen molar-refractivity contribution in [2.75, 3.05) is 11.6 Å². The van der Waals surface area contributed by atoms with E-state index in [1.807, 2.05) is 5.38 Å². The fraction of sp³-hybridized carbons (Fsp3) is 0.400. The quantitative estimate of drug-likeness (QED) is 0.838. The van der Waals surface area contributed by atoms with Crippen molar-refractivity contribution in [1.82, 2.24) is 4.98 Å². The third kappa shape index (κ3) is 5.06. The zero-order valence-corrected chi connectivity index (χ0v) is 14.2. The summed E-state index contributed by atoms with van der Waals surface area (Å²) in [5, 5.41) is 6.22. The first-order chi connectivity index (χ1) is 10.4. The monoisotopic (exact) mass is 342 g/mol. The molecule has 0 aliphatic heterocycles. The Morgan fingerprint density at radius 1 is 1.36 bits per heavy atom. The molecule has 0 saturated carbocycles. The van der Waals surface area contributed by atoms with Crippen molar-refractivity contribution in [3.05, 3.63) is 45.7 Å². The molecule has 0 aliphatic carbocycles. The van der Waals surface area contributed by atoms with Gasteiger partial charge < -0.3 is 5.32 Å². The van der Waals surface area contributed by atoms with Gasteiger partial charge in [0.05, 0.1) is 23.0 Å². The summed E-state index contributed by atoms with van der Waals surface area (Å²) in [5.41, 5.74) is 1.96. The highest BCUT2D eigenvalue weighted by molar-refractivity contribution is 7.89. The highest BCUT2D eigenvalue weighted by Crippen LogP contribution is 2.21. The van der Waals surface area contributed by atoms with Gasteiger partial charge in [0.15, 0.2) is 9.84 Å². The maximum atomic E-state index is 13.3. The van der Waals surface area contributed by atoms with Crippen LogP contribution in [0.15, 0.2) is 23.6 Å². The molecule has 22 heavy (non-hydrogen) atoms. The molecule has 1 N–H and O–H groups in total. The molecule has 0 radical (unpaired) electrons. The lowest BCUT2D eigenvalue weighted by atomic mass is 10.2. The molecule has 0 amide bonds. The summed E-state index contributed by atoms with van der Waals surface area (Å²) in [6, 6.07) is 4.14. The van der Waals surface area contributed by atoms with Crippen LogP contribution in [0, 0.1) is 5.82 Å². The molecule has 2 aromatic rings. The third-order valence-electron chi connectivity index (χ3n) is 3.01. The Morgan fingerprint density at radius 3 is 2.82 bits per heavy atom. The first-order valence-electron chi connectivity index (χ1n) is 7.00. The number of hydrogen-bond donors (Lipinski definition) is 1. The lowest BCUT2D eigenvalue weighted by Crippen LogP contribution is -2.07. The Morgan fingerprint density at radius 2 is 2.14 bits per heavy atom. The third-order valence-corrected chi connectivity index (χ3v) is 4.80. The van der Waals surface area contributed by atoms with Gasteiger partial charge in [-0.1, -0.05) is 6.92 Å². The molecule has 1 aromatic heterocycles. The van der Waals surface area contributed by atoms with Crippen LogP contribution in [0.25, 0.3) is 0 Å². The molecular formula is C15H19FN2O2S2. The van der Waals surface area contributed by atoms with Crippen molar-refractivity contribution in [2.24, 2.45) is 0 Å². The van der Waals surface area contributed by atoms with Gasteiger partial charge in [-0.2, -0.15) is 0 Å². The van der Waals surface area contributed by atoms with E-state index in [1.54, 1.807) is 17.4 Å². The van der Waals surface area contributed by atoms with Crippen LogP contribution in [0.4, 0.5) is 10.1 Å². The van der Waals surface area contributed by atoms with Gasteiger partial charge in [0, 0.05) is 17.3 Å². The van der Waals surface area contributed by atoms with Gasteiger partial charge >= 0.3 is 0 Å². The van der Waals surface area contributed by atoms with Crippen molar-refractivity contribution in [3.8, 4) is 0 Å². The number of thiazole rings is 1. The molecule has 2 rings (SSSR count). The molecule has 7 heteroatoms. The van der Waals surface area contributed by atoms with E-state index >= 15 is 0 Å². The van der Waals surface area contributed by atoms with E-state index in [0.29, 0.717) is 17.8 Å². The number of aryl methyl sites for hydroxylation is 1. The number of hydrogen-bond acceptors (Lipinski definition) is 5. The predicted molar refractivity (Wildman–Crippen MR) is 88.4 cm³/mol. The van der Waals surface area contributed by atoms with Crippen LogP contribution in [0.2, 0.25) is 0 Å². The fourth-order valence-corrected chi connectivity index (χ4v) is 3.79. The highest BCUT2D eigenvalue weighted by Gasteiger charge is 2.11. The van der Waals surface area contributed by atoms with E-state index in [1.165, 1.54) is 12.1 Å². The van der Waals surface area contributed by atoms with Crippen molar-refractivity contribution in [1.29, 1.82) is 0 Å². The lowest BCUT2D eigenvalue weighted by Gasteiger charge is -2.11. The number of nitrogens with one attached hydrogen (secondary N) is 1. The SMILES string of the molecule is CCCc1nc(CNc2ccc(F)cc2CS(C)(=O)=O)cs1. The van der Waals surface area contributed by atoms with E-state index in [-0.39, 0.29) is 5.75 Å². The highest BCUT2D eigenvalue weighted by atomic mass is 32.2. The average Bonchev–Trinajstić information content (AvgIpc) is 2.84. The Labute approximate surface area is 134 Å². The summed E-state index contributed by atoms with van der Waals surface area (Å²) >= 11 is 1.62. The smallest absolute Gasteiger partial charge is 0.151 e. The second-order valence-corrected chi connectivity index (χ2v) is 8.29. The van der Waals surface area contributed by atoms with Crippen LogP contribution in [-0.4, -0.2) is 19.7 Å². The lowest BCUT2D eigenvalue weighted by molar-refractivity contribution is 0.600. The normalized spacial score (nSPS) is 11.6. The molecule has 0 fully saturated rings. The summed E-state index contributed by atoms with van der Waals surface area (Å²) in [6.07, 6.45) is 3.15. The number of aromatic nitrogens is 1. The van der Waals surface area contributed by atoms with Crippen LogP contribution >= 0.6 is 11.3 Å². The zero-order valence-electron chi connectivity index (χ0n) is 12.6. The molecule has 0 aliphatic rings. The van der Waals surface area contributed by atoms with Gasteiger partial charge in [-0.25, -0.2) is 17.8 Å². The van der Waals surface area contributed by atoms with Crippen molar-refractivity contribution in [3.63, 3.8) is 0 Å². The van der Waals surface area contributed by atoms with Crippen molar-refractivity contribution >= 4 is 26.9 Å². The first kappa shape index (κ1) is 16.9. The average molecular weight is 342 g/mol. The molecule has 0 spiro atoms. The molecule has 0 saturated heterocycles. The van der Waals surface area contributed by atoms with E-state index in [9.17, 15) is 12.8 Å². The van der Waals surface area contributed by atoms with E-state index in [4.69, 9.17) is 0 Å². The van der Waals surface area contributed by atoms with E-state index < -0.39 is 15.7 Å². The second kappa shape index (κ2) is 7.19. The molecule has 4 nitrogen and oxygen atoms in total. The molecule has 0 bridgehead atoms. The standard InChI is InChI=1S/C15H19FN2O2S2/c1-3-4-15-18-13(9-21-15)8-17-14-6-5-12(16)7-11(14)10-22(2,19)20/h5-7,9,17H,3-4,8,10H2,1-2H3. The van der Waals surface area contributed by atoms with Crippen LogP contribution in [0.5, 0.6) is 0 Å². The van der Waals surface area contributed by atoms with Gasteiger partial charge in [-0.3, -0.25) is 0 Å². The van der Waals surface area contributed by atoms with Crippen LogP contribution in [-0.2, 0) is 28.6 Å². The van der Waals surface area contributed by atoms with Crippen LogP contribution in [0.3, 0.4) is 0 Å². The van der Waals surface area contributed by atoms with Crippen molar-refractivity contribution in [2.45, 2.75) is 32.1 Å². The number of benzene rings is 1. The predicted octanol–water partition coefficient (Wildman–Crippen LogP) is 3.39. The molecule has 1 aromatic carbocycles. The van der Waals surface area contributed by atoms with E-state index in [0.717, 1.165) is 29.8 Å². The Bertz CT molecular complexity index is 742. The van der Waals surface area contributed by atoms with Crippen molar-refractivity contribution < 1.29 is 12.8 Å². The number of anilines is 1. The van der Waals surface area contributed by atoms with Crippen LogP contribution < -0.4 is 5.32 Å². The number of rotatable bonds is 7. The van der Waals surface area contributed by atoms with Gasteiger partial charge in [0.2, 0.25) is 0 Å². The maximum absolute atomic E-state index is 13.3. The second-order valence-electron chi connectivity index (χ2n) is 5.21. The largest absolute Gasteiger partial charge is 0.379 e.